The fraction of sp³-hybridized carbons (Fsp3) is 0.118. The van der Waals surface area contributed by atoms with Gasteiger partial charge in [0.05, 0.1) is 0 Å². The summed E-state index contributed by atoms with van der Waals surface area (Å²) in [5.74, 6) is -0.0344. The maximum absolute atomic E-state index is 12.1. The van der Waals surface area contributed by atoms with Crippen molar-refractivity contribution in [2.24, 2.45) is 0 Å². The Hall–Kier alpha value is -1.58. The molecule has 0 heterocycles. The Labute approximate surface area is 138 Å². The first-order valence-electron chi connectivity index (χ1n) is 6.48. The number of amides is 1. The van der Waals surface area contributed by atoms with Crippen LogP contribution >= 0.6 is 27.5 Å². The number of rotatable bonds is 4. The van der Waals surface area contributed by atoms with Crippen LogP contribution in [0.15, 0.2) is 59.1 Å². The number of benzene rings is 2. The Bertz CT molecular complexity index is 635. The minimum Gasteiger partial charge on any atom is -0.338 e. The normalized spacial score (nSPS) is 10.8. The lowest BCUT2D eigenvalue weighted by Crippen LogP contribution is -2.24. The third kappa shape index (κ3) is 5.03. The highest BCUT2D eigenvalue weighted by Crippen LogP contribution is 2.13. The first-order chi connectivity index (χ1) is 10.0. The molecule has 0 saturated heterocycles. The topological polar surface area (TPSA) is 20.3 Å². The molecule has 108 valence electrons. The Kier molecular flexibility index (Phi) is 5.59. The summed E-state index contributed by atoms with van der Waals surface area (Å²) < 4.78 is 1.03. The van der Waals surface area contributed by atoms with Gasteiger partial charge in [0.15, 0.2) is 0 Å². The highest BCUT2D eigenvalue weighted by Gasteiger charge is 2.05. The van der Waals surface area contributed by atoms with Crippen LogP contribution in [0, 0.1) is 0 Å². The monoisotopic (exact) mass is 363 g/mol. The summed E-state index contributed by atoms with van der Waals surface area (Å²) >= 11 is 9.22. The summed E-state index contributed by atoms with van der Waals surface area (Å²) in [6, 6.07) is 15.3. The van der Waals surface area contributed by atoms with E-state index in [2.05, 4.69) is 15.9 Å². The third-order valence-electron chi connectivity index (χ3n) is 3.00. The van der Waals surface area contributed by atoms with Gasteiger partial charge in [-0.1, -0.05) is 51.8 Å². The molecule has 0 saturated carbocycles. The van der Waals surface area contributed by atoms with Crippen LogP contribution in [0.5, 0.6) is 0 Å². The van der Waals surface area contributed by atoms with Crippen molar-refractivity contribution in [3.8, 4) is 0 Å². The lowest BCUT2D eigenvalue weighted by molar-refractivity contribution is -0.125. The number of carbonyl (C=O) groups excluding carboxylic acids is 1. The molecule has 0 radical (unpaired) electrons. The Balaban J connectivity index is 1.96. The van der Waals surface area contributed by atoms with E-state index in [-0.39, 0.29) is 5.91 Å². The Morgan fingerprint density at radius 2 is 1.76 bits per heavy atom. The van der Waals surface area contributed by atoms with E-state index in [0.29, 0.717) is 11.6 Å². The molecule has 0 aromatic heterocycles. The highest BCUT2D eigenvalue weighted by molar-refractivity contribution is 9.10. The van der Waals surface area contributed by atoms with E-state index in [1.54, 1.807) is 36.2 Å². The second kappa shape index (κ2) is 7.43. The van der Waals surface area contributed by atoms with Gasteiger partial charge in [-0.05, 0) is 41.5 Å². The van der Waals surface area contributed by atoms with Crippen LogP contribution in [0.3, 0.4) is 0 Å². The smallest absolute Gasteiger partial charge is 0.246 e. The van der Waals surface area contributed by atoms with Crippen molar-refractivity contribution in [2.45, 2.75) is 6.54 Å². The maximum Gasteiger partial charge on any atom is 0.246 e. The lowest BCUT2D eigenvalue weighted by Gasteiger charge is -2.15. The van der Waals surface area contributed by atoms with E-state index >= 15 is 0 Å². The van der Waals surface area contributed by atoms with Crippen LogP contribution in [0.25, 0.3) is 6.08 Å². The second-order valence-corrected chi connectivity index (χ2v) is 6.06. The van der Waals surface area contributed by atoms with Crippen molar-refractivity contribution in [1.82, 2.24) is 4.90 Å². The molecular formula is C17H15BrClNO. The average molecular weight is 365 g/mol. The molecule has 2 aromatic carbocycles. The summed E-state index contributed by atoms with van der Waals surface area (Å²) in [5.41, 5.74) is 2.04. The highest BCUT2D eigenvalue weighted by atomic mass is 79.9. The number of halogens is 2. The van der Waals surface area contributed by atoms with E-state index in [4.69, 9.17) is 11.6 Å². The van der Waals surface area contributed by atoms with Gasteiger partial charge >= 0.3 is 0 Å². The number of carbonyl (C=O) groups is 1. The van der Waals surface area contributed by atoms with Gasteiger partial charge in [-0.15, -0.1) is 0 Å². The van der Waals surface area contributed by atoms with Gasteiger partial charge in [0.25, 0.3) is 0 Å². The van der Waals surface area contributed by atoms with Crippen LogP contribution in [-0.2, 0) is 11.3 Å². The van der Waals surface area contributed by atoms with E-state index < -0.39 is 0 Å². The molecule has 0 spiro atoms. The molecule has 0 bridgehead atoms. The summed E-state index contributed by atoms with van der Waals surface area (Å²) in [5, 5.41) is 0.686. The Morgan fingerprint density at radius 1 is 1.14 bits per heavy atom. The first-order valence-corrected chi connectivity index (χ1v) is 7.65. The Morgan fingerprint density at radius 3 is 2.38 bits per heavy atom. The molecule has 2 rings (SSSR count). The van der Waals surface area contributed by atoms with Crippen LogP contribution in [0.2, 0.25) is 5.02 Å². The molecular weight excluding hydrogens is 350 g/mol. The standard InChI is InChI=1S/C17H15BrClNO/c1-20(12-14-2-7-15(18)8-3-14)17(21)11-6-13-4-9-16(19)10-5-13/h2-11H,12H2,1H3. The van der Waals surface area contributed by atoms with E-state index in [0.717, 1.165) is 15.6 Å². The molecule has 0 aliphatic rings. The maximum atomic E-state index is 12.1. The molecule has 0 N–H and O–H groups in total. The van der Waals surface area contributed by atoms with Gasteiger partial charge in [0, 0.05) is 29.2 Å². The zero-order valence-corrected chi connectivity index (χ0v) is 13.9. The minimum atomic E-state index is -0.0344. The van der Waals surface area contributed by atoms with Gasteiger partial charge < -0.3 is 4.90 Å². The predicted molar refractivity (Wildman–Crippen MR) is 91.1 cm³/mol. The number of hydrogen-bond acceptors (Lipinski definition) is 1. The van der Waals surface area contributed by atoms with Crippen molar-refractivity contribution in [1.29, 1.82) is 0 Å². The van der Waals surface area contributed by atoms with Gasteiger partial charge in [-0.2, -0.15) is 0 Å². The molecule has 2 nitrogen and oxygen atoms in total. The summed E-state index contributed by atoms with van der Waals surface area (Å²) in [6.07, 6.45) is 3.36. The van der Waals surface area contributed by atoms with Crippen molar-refractivity contribution < 1.29 is 4.79 Å². The molecule has 0 unspecified atom stereocenters. The molecule has 0 aliphatic heterocycles. The van der Waals surface area contributed by atoms with E-state index in [9.17, 15) is 4.79 Å². The zero-order valence-electron chi connectivity index (χ0n) is 11.6. The quantitative estimate of drug-likeness (QED) is 0.715. The second-order valence-electron chi connectivity index (χ2n) is 4.71. The van der Waals surface area contributed by atoms with Crippen molar-refractivity contribution in [3.63, 3.8) is 0 Å². The number of hydrogen-bond donors (Lipinski definition) is 0. The number of nitrogens with zero attached hydrogens (tertiary/aromatic N) is 1. The molecule has 0 atom stereocenters. The third-order valence-corrected chi connectivity index (χ3v) is 3.78. The molecule has 0 aliphatic carbocycles. The van der Waals surface area contributed by atoms with Gasteiger partial charge in [-0.25, -0.2) is 0 Å². The van der Waals surface area contributed by atoms with Crippen molar-refractivity contribution in [3.05, 3.63) is 75.2 Å². The van der Waals surface area contributed by atoms with E-state index in [1.807, 2.05) is 36.4 Å². The SMILES string of the molecule is CN(Cc1ccc(Br)cc1)C(=O)C=Cc1ccc(Cl)cc1. The zero-order chi connectivity index (χ0) is 15.2. The van der Waals surface area contributed by atoms with Gasteiger partial charge in [0.1, 0.15) is 0 Å². The summed E-state index contributed by atoms with van der Waals surface area (Å²) in [6.45, 7) is 0.580. The molecule has 4 heteroatoms. The average Bonchev–Trinajstić information content (AvgIpc) is 2.48. The largest absolute Gasteiger partial charge is 0.338 e. The fourth-order valence-electron chi connectivity index (χ4n) is 1.81. The van der Waals surface area contributed by atoms with Gasteiger partial charge in [-0.3, -0.25) is 4.79 Å². The molecule has 1 amide bonds. The van der Waals surface area contributed by atoms with Crippen LogP contribution in [0.4, 0.5) is 0 Å². The van der Waals surface area contributed by atoms with Crippen LogP contribution < -0.4 is 0 Å². The fourth-order valence-corrected chi connectivity index (χ4v) is 2.20. The molecule has 0 fully saturated rings. The minimum absolute atomic E-state index is 0.0344. The van der Waals surface area contributed by atoms with Gasteiger partial charge in [0.2, 0.25) is 5.91 Å². The first kappa shape index (κ1) is 15.8. The summed E-state index contributed by atoms with van der Waals surface area (Å²) in [4.78, 5) is 13.7. The van der Waals surface area contributed by atoms with Crippen molar-refractivity contribution in [2.75, 3.05) is 7.05 Å². The lowest BCUT2D eigenvalue weighted by atomic mass is 10.2. The predicted octanol–water partition coefficient (Wildman–Crippen LogP) is 4.77. The van der Waals surface area contributed by atoms with Crippen molar-refractivity contribution >= 4 is 39.5 Å². The van der Waals surface area contributed by atoms with E-state index in [1.165, 1.54) is 0 Å². The summed E-state index contributed by atoms with van der Waals surface area (Å²) in [7, 11) is 1.79. The number of likely N-dealkylation sites (N-methyl/N-ethyl adjacent to an activating group) is 1. The van der Waals surface area contributed by atoms with Crippen LogP contribution in [0.1, 0.15) is 11.1 Å². The van der Waals surface area contributed by atoms with Crippen LogP contribution in [-0.4, -0.2) is 17.9 Å². The molecule has 2 aromatic rings. The molecule has 21 heavy (non-hydrogen) atoms.